The number of hydrogen-bond acceptors (Lipinski definition) is 5. The van der Waals surface area contributed by atoms with Gasteiger partial charge in [0.05, 0.1) is 18.7 Å². The Morgan fingerprint density at radius 1 is 1.03 bits per heavy atom. The van der Waals surface area contributed by atoms with Crippen molar-refractivity contribution in [1.82, 2.24) is 5.32 Å². The van der Waals surface area contributed by atoms with E-state index in [0.717, 1.165) is 12.8 Å². The molecule has 2 rings (SSSR count). The predicted octanol–water partition coefficient (Wildman–Crippen LogP) is 3.43. The highest BCUT2D eigenvalue weighted by Crippen LogP contribution is 2.15. The highest BCUT2D eigenvalue weighted by Gasteiger charge is 2.10. The number of halogens is 1. The minimum absolute atomic E-state index is 0.228. The Balaban J connectivity index is 1.75. The average molecular weight is 419 g/mol. The number of rotatable bonds is 10. The molecule has 0 saturated carbocycles. The number of nitrogens with one attached hydrogen (secondary N) is 2. The van der Waals surface area contributed by atoms with Crippen LogP contribution in [-0.2, 0) is 14.3 Å². The van der Waals surface area contributed by atoms with Crippen LogP contribution in [0.4, 0.5) is 5.69 Å². The number of hydrogen-bond donors (Lipinski definition) is 2. The molecule has 0 aromatic heterocycles. The van der Waals surface area contributed by atoms with E-state index in [4.69, 9.17) is 21.1 Å². The summed E-state index contributed by atoms with van der Waals surface area (Å²) in [5.41, 5.74) is 0.783. The summed E-state index contributed by atoms with van der Waals surface area (Å²) in [5, 5.41) is 5.65. The first kappa shape index (κ1) is 22.2. The number of esters is 1. The van der Waals surface area contributed by atoms with E-state index < -0.39 is 17.8 Å². The first-order chi connectivity index (χ1) is 14.0. The van der Waals surface area contributed by atoms with Gasteiger partial charge in [0.2, 0.25) is 5.91 Å². The van der Waals surface area contributed by atoms with E-state index in [9.17, 15) is 14.4 Å². The Kier molecular flexibility index (Phi) is 8.98. The zero-order valence-corrected chi connectivity index (χ0v) is 16.8. The molecular weight excluding hydrogens is 396 g/mol. The van der Waals surface area contributed by atoms with Crippen LogP contribution in [-0.4, -0.2) is 37.5 Å². The summed E-state index contributed by atoms with van der Waals surface area (Å²) in [6, 6.07) is 13.0. The van der Waals surface area contributed by atoms with Crippen LogP contribution in [0.5, 0.6) is 5.75 Å². The molecule has 0 aliphatic rings. The van der Waals surface area contributed by atoms with Crippen LogP contribution in [0.15, 0.2) is 48.5 Å². The average Bonchev–Trinajstić information content (AvgIpc) is 2.72. The van der Waals surface area contributed by atoms with Crippen molar-refractivity contribution in [2.24, 2.45) is 0 Å². The molecule has 0 aliphatic carbocycles. The van der Waals surface area contributed by atoms with Gasteiger partial charge in [-0.05, 0) is 48.9 Å². The van der Waals surface area contributed by atoms with E-state index in [-0.39, 0.29) is 13.2 Å². The second kappa shape index (κ2) is 11.7. The summed E-state index contributed by atoms with van der Waals surface area (Å²) >= 11 is 5.78. The summed E-state index contributed by atoms with van der Waals surface area (Å²) in [7, 11) is 0. The van der Waals surface area contributed by atoms with E-state index in [1.165, 1.54) is 6.07 Å². The number of ether oxygens (including phenoxy) is 2. The van der Waals surface area contributed by atoms with Crippen LogP contribution >= 0.6 is 11.6 Å². The van der Waals surface area contributed by atoms with E-state index >= 15 is 0 Å². The van der Waals surface area contributed by atoms with Gasteiger partial charge in [-0.15, -0.1) is 0 Å². The van der Waals surface area contributed by atoms with Gasteiger partial charge in [-0.25, -0.2) is 4.79 Å². The molecule has 0 bridgehead atoms. The summed E-state index contributed by atoms with van der Waals surface area (Å²) in [6.07, 6.45) is 1.73. The summed E-state index contributed by atoms with van der Waals surface area (Å²) < 4.78 is 10.4. The molecule has 154 valence electrons. The fraction of sp³-hybridized carbons (Fsp3) is 0.286. The smallest absolute Gasteiger partial charge is 0.338 e. The molecule has 7 nitrogen and oxygen atoms in total. The van der Waals surface area contributed by atoms with Gasteiger partial charge in [-0.2, -0.15) is 0 Å². The third-order valence-corrected chi connectivity index (χ3v) is 3.99. The van der Waals surface area contributed by atoms with Crippen LogP contribution < -0.4 is 15.4 Å². The largest absolute Gasteiger partial charge is 0.484 e. The Morgan fingerprint density at radius 3 is 2.52 bits per heavy atom. The summed E-state index contributed by atoms with van der Waals surface area (Å²) in [5.74, 6) is -0.816. The maximum atomic E-state index is 12.0. The lowest BCUT2D eigenvalue weighted by atomic mass is 10.2. The zero-order valence-electron chi connectivity index (χ0n) is 16.1. The first-order valence-corrected chi connectivity index (χ1v) is 9.58. The molecule has 0 radical (unpaired) electrons. The number of amides is 2. The fourth-order valence-corrected chi connectivity index (χ4v) is 2.36. The van der Waals surface area contributed by atoms with Gasteiger partial charge in [-0.3, -0.25) is 9.59 Å². The molecule has 2 aromatic rings. The Labute approximate surface area is 174 Å². The SMILES string of the molecule is CCCCOC(=O)c1cccc(NC(=O)CNC(=O)COc2ccc(Cl)cc2)c1. The molecule has 0 heterocycles. The van der Waals surface area contributed by atoms with Crippen molar-refractivity contribution in [2.45, 2.75) is 19.8 Å². The van der Waals surface area contributed by atoms with Crippen molar-refractivity contribution in [3.63, 3.8) is 0 Å². The molecule has 2 amide bonds. The number of unbranched alkanes of at least 4 members (excludes halogenated alkanes) is 1. The maximum absolute atomic E-state index is 12.0. The number of carbonyl (C=O) groups excluding carboxylic acids is 3. The lowest BCUT2D eigenvalue weighted by molar-refractivity contribution is -0.125. The van der Waals surface area contributed by atoms with Gasteiger partial charge < -0.3 is 20.1 Å². The van der Waals surface area contributed by atoms with Gasteiger partial charge >= 0.3 is 5.97 Å². The highest BCUT2D eigenvalue weighted by molar-refractivity contribution is 6.30. The first-order valence-electron chi connectivity index (χ1n) is 9.20. The molecule has 0 spiro atoms. The third-order valence-electron chi connectivity index (χ3n) is 3.74. The summed E-state index contributed by atoms with van der Waals surface area (Å²) in [6.45, 7) is 1.91. The molecule has 0 atom stereocenters. The molecular formula is C21H23ClN2O5. The summed E-state index contributed by atoms with van der Waals surface area (Å²) in [4.78, 5) is 35.8. The molecule has 29 heavy (non-hydrogen) atoms. The van der Waals surface area contributed by atoms with Crippen LogP contribution in [0, 0.1) is 0 Å². The lowest BCUT2D eigenvalue weighted by Gasteiger charge is -2.09. The predicted molar refractivity (Wildman–Crippen MR) is 110 cm³/mol. The van der Waals surface area contributed by atoms with Crippen molar-refractivity contribution in [1.29, 1.82) is 0 Å². The second-order valence-electron chi connectivity index (χ2n) is 6.14. The van der Waals surface area contributed by atoms with Crippen molar-refractivity contribution >= 4 is 35.1 Å². The van der Waals surface area contributed by atoms with Crippen molar-refractivity contribution in [2.75, 3.05) is 25.1 Å². The van der Waals surface area contributed by atoms with E-state index in [2.05, 4.69) is 10.6 Å². The van der Waals surface area contributed by atoms with E-state index in [0.29, 0.717) is 28.6 Å². The molecule has 8 heteroatoms. The molecule has 0 aliphatic heterocycles. The van der Waals surface area contributed by atoms with E-state index in [1.54, 1.807) is 42.5 Å². The Bertz CT molecular complexity index is 839. The molecule has 0 saturated heterocycles. The molecule has 2 N–H and O–H groups in total. The van der Waals surface area contributed by atoms with Crippen molar-refractivity contribution < 1.29 is 23.9 Å². The van der Waals surface area contributed by atoms with Crippen molar-refractivity contribution in [3.8, 4) is 5.75 Å². The van der Waals surface area contributed by atoms with Crippen molar-refractivity contribution in [3.05, 3.63) is 59.1 Å². The quantitative estimate of drug-likeness (QED) is 0.455. The Hall–Kier alpha value is -3.06. The van der Waals surface area contributed by atoms with Crippen LogP contribution in [0.3, 0.4) is 0 Å². The fourth-order valence-electron chi connectivity index (χ4n) is 2.23. The maximum Gasteiger partial charge on any atom is 0.338 e. The van der Waals surface area contributed by atoms with Gasteiger partial charge in [-0.1, -0.05) is 31.0 Å². The topological polar surface area (TPSA) is 93.7 Å². The van der Waals surface area contributed by atoms with E-state index in [1.807, 2.05) is 6.92 Å². The molecule has 0 fully saturated rings. The van der Waals surface area contributed by atoms with Gasteiger partial charge in [0, 0.05) is 10.7 Å². The van der Waals surface area contributed by atoms with Gasteiger partial charge in [0.1, 0.15) is 5.75 Å². The minimum atomic E-state index is -0.442. The van der Waals surface area contributed by atoms with Gasteiger partial charge in [0.25, 0.3) is 5.91 Å². The number of carbonyl (C=O) groups is 3. The lowest BCUT2D eigenvalue weighted by Crippen LogP contribution is -2.35. The second-order valence-corrected chi connectivity index (χ2v) is 6.57. The van der Waals surface area contributed by atoms with Gasteiger partial charge in [0.15, 0.2) is 6.61 Å². The minimum Gasteiger partial charge on any atom is -0.484 e. The highest BCUT2D eigenvalue weighted by atomic mass is 35.5. The third kappa shape index (κ3) is 8.23. The molecule has 2 aromatic carbocycles. The van der Waals surface area contributed by atoms with Crippen LogP contribution in [0.25, 0.3) is 0 Å². The zero-order chi connectivity index (χ0) is 21.1. The standard InChI is InChI=1S/C21H23ClN2O5/c1-2-3-11-28-21(27)15-5-4-6-17(12-15)24-19(25)13-23-20(26)14-29-18-9-7-16(22)8-10-18/h4-10,12H,2-3,11,13-14H2,1H3,(H,23,26)(H,24,25). The Morgan fingerprint density at radius 2 is 1.79 bits per heavy atom. The number of benzene rings is 2. The number of anilines is 1. The van der Waals surface area contributed by atoms with Crippen LogP contribution in [0.1, 0.15) is 30.1 Å². The monoisotopic (exact) mass is 418 g/mol. The normalized spacial score (nSPS) is 10.1. The molecule has 0 unspecified atom stereocenters. The van der Waals surface area contributed by atoms with Crippen LogP contribution in [0.2, 0.25) is 5.02 Å².